The molecule has 1 unspecified atom stereocenters. The zero-order chi connectivity index (χ0) is 22.2. The lowest BCUT2D eigenvalue weighted by molar-refractivity contribution is 0.891. The maximum absolute atomic E-state index is 6.23. The fourth-order valence-electron chi connectivity index (χ4n) is 4.37. The largest absolute Gasteiger partial charge is 0.372 e. The predicted octanol–water partition coefficient (Wildman–Crippen LogP) is 7.45. The third kappa shape index (κ3) is 3.55. The molecule has 4 nitrogen and oxygen atoms in total. The molecule has 0 spiro atoms. The van der Waals surface area contributed by atoms with Crippen molar-refractivity contribution in [1.82, 2.24) is 9.78 Å². The van der Waals surface area contributed by atoms with Gasteiger partial charge in [0.15, 0.2) is 0 Å². The molecule has 2 heterocycles. The van der Waals surface area contributed by atoms with Crippen LogP contribution in [0, 0.1) is 0 Å². The zero-order valence-electron chi connectivity index (χ0n) is 17.7. The van der Waals surface area contributed by atoms with Gasteiger partial charge in [0.05, 0.1) is 23.1 Å². The van der Waals surface area contributed by atoms with E-state index in [0.717, 1.165) is 50.3 Å². The van der Waals surface area contributed by atoms with Gasteiger partial charge in [0, 0.05) is 16.1 Å². The summed E-state index contributed by atoms with van der Waals surface area (Å²) in [7, 11) is 0. The summed E-state index contributed by atoms with van der Waals surface area (Å²) in [5.41, 5.74) is 7.24. The van der Waals surface area contributed by atoms with Crippen LogP contribution in [0.15, 0.2) is 109 Å². The number of hydrogen-bond acceptors (Lipinski definition) is 3. The molecular weight excluding hydrogens is 428 g/mol. The molecule has 0 aliphatic carbocycles. The van der Waals surface area contributed by atoms with E-state index in [0.29, 0.717) is 0 Å². The highest BCUT2D eigenvalue weighted by atomic mass is 35.5. The van der Waals surface area contributed by atoms with E-state index in [-0.39, 0.29) is 6.04 Å². The van der Waals surface area contributed by atoms with Crippen molar-refractivity contribution in [3.8, 4) is 16.9 Å². The topological polar surface area (TPSA) is 41.9 Å². The molecule has 4 aromatic carbocycles. The predicted molar refractivity (Wildman–Crippen MR) is 136 cm³/mol. The van der Waals surface area contributed by atoms with Gasteiger partial charge >= 0.3 is 0 Å². The SMILES string of the molecule is Clc1ccc(C2Nc3ccccc3Nc3c2c(-c2ccccc2)nn3-c2ccccc2)cc1. The highest BCUT2D eigenvalue weighted by molar-refractivity contribution is 6.30. The van der Waals surface area contributed by atoms with Crippen molar-refractivity contribution < 1.29 is 0 Å². The van der Waals surface area contributed by atoms with Crippen molar-refractivity contribution in [3.63, 3.8) is 0 Å². The first-order valence-corrected chi connectivity index (χ1v) is 11.3. The Morgan fingerprint density at radius 3 is 2.06 bits per heavy atom. The van der Waals surface area contributed by atoms with Crippen LogP contribution in [0.2, 0.25) is 5.02 Å². The first kappa shape index (κ1) is 19.6. The van der Waals surface area contributed by atoms with E-state index >= 15 is 0 Å². The Morgan fingerprint density at radius 2 is 1.33 bits per heavy atom. The zero-order valence-corrected chi connectivity index (χ0v) is 18.5. The maximum atomic E-state index is 6.23. The van der Waals surface area contributed by atoms with Crippen LogP contribution < -0.4 is 10.6 Å². The number of benzene rings is 4. The summed E-state index contributed by atoms with van der Waals surface area (Å²) >= 11 is 6.23. The van der Waals surface area contributed by atoms with Crippen molar-refractivity contribution in [1.29, 1.82) is 0 Å². The second kappa shape index (κ2) is 8.15. The lowest BCUT2D eigenvalue weighted by Gasteiger charge is -2.20. The van der Waals surface area contributed by atoms with Crippen molar-refractivity contribution in [2.75, 3.05) is 10.6 Å². The molecule has 5 aromatic rings. The van der Waals surface area contributed by atoms with Gasteiger partial charge in [-0.1, -0.05) is 84.4 Å². The van der Waals surface area contributed by atoms with Crippen LogP contribution in [-0.2, 0) is 0 Å². The van der Waals surface area contributed by atoms with Crippen molar-refractivity contribution in [2.24, 2.45) is 0 Å². The van der Waals surface area contributed by atoms with Crippen molar-refractivity contribution in [2.45, 2.75) is 6.04 Å². The van der Waals surface area contributed by atoms with E-state index in [1.165, 1.54) is 0 Å². The van der Waals surface area contributed by atoms with E-state index in [1.807, 2.05) is 65.3 Å². The summed E-state index contributed by atoms with van der Waals surface area (Å²) < 4.78 is 2.00. The average Bonchev–Trinajstić information content (AvgIpc) is 3.15. The lowest BCUT2D eigenvalue weighted by atomic mass is 9.95. The number of fused-ring (bicyclic) bond motifs is 2. The number of rotatable bonds is 3. The van der Waals surface area contributed by atoms with Gasteiger partial charge in [-0.15, -0.1) is 0 Å². The number of hydrogen-bond donors (Lipinski definition) is 2. The summed E-state index contributed by atoms with van der Waals surface area (Å²) in [6, 6.07) is 36.7. The smallest absolute Gasteiger partial charge is 0.140 e. The Morgan fingerprint density at radius 1 is 0.697 bits per heavy atom. The Labute approximate surface area is 197 Å². The van der Waals surface area contributed by atoms with Crippen LogP contribution >= 0.6 is 11.6 Å². The highest BCUT2D eigenvalue weighted by Gasteiger charge is 2.31. The number of nitrogens with one attached hydrogen (secondary N) is 2. The molecule has 0 fully saturated rings. The van der Waals surface area contributed by atoms with Gasteiger partial charge in [-0.3, -0.25) is 0 Å². The van der Waals surface area contributed by atoms with E-state index < -0.39 is 0 Å². The standard InChI is InChI=1S/C28H21ClN4/c29-21-17-15-20(16-18-21)26-25-27(19-9-3-1-4-10-19)32-33(22-11-5-2-6-12-22)28(25)31-24-14-8-7-13-23(24)30-26/h1-18,26,30-31H. The molecule has 0 saturated carbocycles. The minimum absolute atomic E-state index is 0.124. The number of anilines is 3. The fraction of sp³-hybridized carbons (Fsp3) is 0.0357. The summed E-state index contributed by atoms with van der Waals surface area (Å²) in [4.78, 5) is 0. The quantitative estimate of drug-likeness (QED) is 0.301. The lowest BCUT2D eigenvalue weighted by Crippen LogP contribution is -2.12. The van der Waals surface area contributed by atoms with Crippen molar-refractivity contribution in [3.05, 3.63) is 125 Å². The minimum atomic E-state index is -0.124. The third-order valence-corrected chi connectivity index (χ3v) is 6.19. The maximum Gasteiger partial charge on any atom is 0.140 e. The Bertz CT molecular complexity index is 1410. The number of halogens is 1. The summed E-state index contributed by atoms with van der Waals surface area (Å²) in [6.45, 7) is 0. The summed E-state index contributed by atoms with van der Waals surface area (Å²) in [6.07, 6.45) is 0. The van der Waals surface area contributed by atoms with Gasteiger partial charge in [0.1, 0.15) is 11.5 Å². The first-order valence-electron chi connectivity index (χ1n) is 10.9. The minimum Gasteiger partial charge on any atom is -0.372 e. The molecule has 2 N–H and O–H groups in total. The van der Waals surface area contributed by atoms with Gasteiger partial charge < -0.3 is 10.6 Å². The van der Waals surface area contributed by atoms with E-state index in [9.17, 15) is 0 Å². The molecule has 1 aliphatic heterocycles. The molecule has 160 valence electrons. The molecule has 0 bridgehead atoms. The Balaban J connectivity index is 1.66. The van der Waals surface area contributed by atoms with Crippen molar-refractivity contribution >= 4 is 28.8 Å². The van der Waals surface area contributed by atoms with Crippen LogP contribution in [0.1, 0.15) is 17.2 Å². The van der Waals surface area contributed by atoms with Gasteiger partial charge in [-0.2, -0.15) is 5.10 Å². The number of para-hydroxylation sites is 3. The Kier molecular flexibility index (Phi) is 4.85. The summed E-state index contributed by atoms with van der Waals surface area (Å²) in [5.74, 6) is 0.942. The molecule has 0 radical (unpaired) electrons. The molecule has 33 heavy (non-hydrogen) atoms. The second-order valence-electron chi connectivity index (χ2n) is 8.02. The normalized spacial score (nSPS) is 14.4. The van der Waals surface area contributed by atoms with E-state index in [2.05, 4.69) is 59.2 Å². The van der Waals surface area contributed by atoms with E-state index in [4.69, 9.17) is 16.7 Å². The third-order valence-electron chi connectivity index (χ3n) is 5.94. The molecule has 6 rings (SSSR count). The molecule has 1 aliphatic rings. The van der Waals surface area contributed by atoms with Crippen LogP contribution in [0.25, 0.3) is 16.9 Å². The van der Waals surface area contributed by atoms with Crippen LogP contribution in [0.4, 0.5) is 17.2 Å². The fourth-order valence-corrected chi connectivity index (χ4v) is 4.49. The van der Waals surface area contributed by atoms with Gasteiger partial charge in [-0.25, -0.2) is 4.68 Å². The molecule has 5 heteroatoms. The number of nitrogens with zero attached hydrogens (tertiary/aromatic N) is 2. The van der Waals surface area contributed by atoms with Gasteiger partial charge in [0.25, 0.3) is 0 Å². The second-order valence-corrected chi connectivity index (χ2v) is 8.46. The first-order chi connectivity index (χ1) is 16.3. The molecule has 0 saturated heterocycles. The van der Waals surface area contributed by atoms with Gasteiger partial charge in [0.2, 0.25) is 0 Å². The molecular formula is C28H21ClN4. The monoisotopic (exact) mass is 448 g/mol. The van der Waals surface area contributed by atoms with Crippen LogP contribution in [0.5, 0.6) is 0 Å². The van der Waals surface area contributed by atoms with E-state index in [1.54, 1.807) is 0 Å². The highest BCUT2D eigenvalue weighted by Crippen LogP contribution is 2.45. The summed E-state index contributed by atoms with van der Waals surface area (Å²) in [5, 5.41) is 13.3. The van der Waals surface area contributed by atoms with Crippen LogP contribution in [0.3, 0.4) is 0 Å². The molecule has 0 amide bonds. The number of aromatic nitrogens is 2. The Hall–Kier alpha value is -4.02. The average molecular weight is 449 g/mol. The van der Waals surface area contributed by atoms with Crippen LogP contribution in [-0.4, -0.2) is 9.78 Å². The molecule has 1 aromatic heterocycles. The molecule has 1 atom stereocenters. The van der Waals surface area contributed by atoms with Gasteiger partial charge in [-0.05, 0) is 42.0 Å².